The van der Waals surface area contributed by atoms with Crippen molar-refractivity contribution >= 4 is 0 Å². The summed E-state index contributed by atoms with van der Waals surface area (Å²) in [6.07, 6.45) is 0.675. The van der Waals surface area contributed by atoms with E-state index in [2.05, 4.69) is 34.0 Å². The molecule has 0 radical (unpaired) electrons. The van der Waals surface area contributed by atoms with Gasteiger partial charge in [-0.2, -0.15) is 10.2 Å². The minimum atomic E-state index is -0.747. The molecule has 7 nitrogen and oxygen atoms in total. The maximum atomic E-state index is 9.59. The summed E-state index contributed by atoms with van der Waals surface area (Å²) in [6, 6.07) is 2.03. The Bertz CT molecular complexity index is 470. The lowest BCUT2D eigenvalue weighted by Crippen LogP contribution is -2.31. The normalized spacial score (nSPS) is 23.2. The number of likely N-dealkylation sites (N-methyl/N-ethyl adjacent to an activating group) is 2. The molecule has 1 aromatic rings. The van der Waals surface area contributed by atoms with Crippen molar-refractivity contribution in [1.29, 1.82) is 5.26 Å². The summed E-state index contributed by atoms with van der Waals surface area (Å²) in [5.74, 6) is 1.04. The Labute approximate surface area is 118 Å². The maximum Gasteiger partial charge on any atom is 0.229 e. The van der Waals surface area contributed by atoms with Gasteiger partial charge in [0.05, 0.1) is 31.1 Å². The third-order valence-electron chi connectivity index (χ3n) is 3.59. The summed E-state index contributed by atoms with van der Waals surface area (Å²) in [7, 11) is 4.15. The smallest absolute Gasteiger partial charge is 0.229 e. The molecule has 1 aliphatic rings. The SMILES string of the molecule is CN1CCCN(C)C(c2noc(CC(O)CC#N)n2)C1. The van der Waals surface area contributed by atoms with Crippen molar-refractivity contribution in [2.75, 3.05) is 33.7 Å². The molecular formula is C13H21N5O2. The quantitative estimate of drug-likeness (QED) is 0.841. The van der Waals surface area contributed by atoms with Gasteiger partial charge in [-0.3, -0.25) is 4.90 Å². The molecule has 2 atom stereocenters. The van der Waals surface area contributed by atoms with Crippen LogP contribution < -0.4 is 0 Å². The van der Waals surface area contributed by atoms with E-state index in [0.717, 1.165) is 26.1 Å². The Balaban J connectivity index is 2.05. The first-order valence-corrected chi connectivity index (χ1v) is 6.86. The predicted molar refractivity (Wildman–Crippen MR) is 71.7 cm³/mol. The molecule has 2 rings (SSSR count). The number of aliphatic hydroxyl groups excluding tert-OH is 1. The van der Waals surface area contributed by atoms with Crippen molar-refractivity contribution in [3.63, 3.8) is 0 Å². The van der Waals surface area contributed by atoms with Crippen LogP contribution in [0.2, 0.25) is 0 Å². The highest BCUT2D eigenvalue weighted by Crippen LogP contribution is 2.21. The van der Waals surface area contributed by atoms with Gasteiger partial charge in [-0.15, -0.1) is 0 Å². The largest absolute Gasteiger partial charge is 0.392 e. The van der Waals surface area contributed by atoms with Crippen LogP contribution in [0, 0.1) is 11.3 Å². The second-order valence-corrected chi connectivity index (χ2v) is 5.38. The van der Waals surface area contributed by atoms with Crippen LogP contribution in [-0.4, -0.2) is 64.9 Å². The van der Waals surface area contributed by atoms with Crippen molar-refractivity contribution < 1.29 is 9.63 Å². The molecule has 2 unspecified atom stereocenters. The van der Waals surface area contributed by atoms with Crippen molar-refractivity contribution in [1.82, 2.24) is 19.9 Å². The molecule has 1 aromatic heterocycles. The highest BCUT2D eigenvalue weighted by atomic mass is 16.5. The van der Waals surface area contributed by atoms with Crippen LogP contribution in [0.3, 0.4) is 0 Å². The standard InChI is InChI=1S/C13H21N5O2/c1-17-6-3-7-18(2)11(9-17)13-15-12(20-16-13)8-10(19)4-5-14/h10-11,19H,3-4,6-9H2,1-2H3. The van der Waals surface area contributed by atoms with Gasteiger partial charge in [0, 0.05) is 6.54 Å². The number of nitrogens with zero attached hydrogens (tertiary/aromatic N) is 5. The monoisotopic (exact) mass is 279 g/mol. The molecule has 1 saturated heterocycles. The van der Waals surface area contributed by atoms with E-state index >= 15 is 0 Å². The highest BCUT2D eigenvalue weighted by molar-refractivity contribution is 4.98. The van der Waals surface area contributed by atoms with Crippen LogP contribution >= 0.6 is 0 Å². The Morgan fingerprint density at radius 2 is 2.30 bits per heavy atom. The summed E-state index contributed by atoms with van der Waals surface area (Å²) in [6.45, 7) is 2.92. The van der Waals surface area contributed by atoms with Crippen molar-refractivity contribution in [2.45, 2.75) is 31.4 Å². The molecule has 110 valence electrons. The third-order valence-corrected chi connectivity index (χ3v) is 3.59. The number of aliphatic hydroxyl groups is 1. The molecule has 0 amide bonds. The van der Waals surface area contributed by atoms with Gasteiger partial charge in [-0.1, -0.05) is 5.16 Å². The zero-order valence-corrected chi connectivity index (χ0v) is 12.0. The van der Waals surface area contributed by atoms with E-state index in [1.54, 1.807) is 0 Å². The molecule has 0 aromatic carbocycles. The molecule has 0 spiro atoms. The van der Waals surface area contributed by atoms with Crippen molar-refractivity contribution in [2.24, 2.45) is 0 Å². The first-order valence-electron chi connectivity index (χ1n) is 6.86. The Hall–Kier alpha value is -1.49. The van der Waals surface area contributed by atoms with Gasteiger partial charge in [0.25, 0.3) is 0 Å². The van der Waals surface area contributed by atoms with Gasteiger partial charge in [0.15, 0.2) is 5.82 Å². The zero-order valence-electron chi connectivity index (χ0n) is 12.0. The van der Waals surface area contributed by atoms with Gasteiger partial charge in [-0.05, 0) is 33.6 Å². The van der Waals surface area contributed by atoms with Gasteiger partial charge in [0.2, 0.25) is 5.89 Å². The van der Waals surface area contributed by atoms with Crippen molar-refractivity contribution in [3.05, 3.63) is 11.7 Å². The van der Waals surface area contributed by atoms with E-state index < -0.39 is 6.10 Å². The first-order chi connectivity index (χ1) is 9.60. The van der Waals surface area contributed by atoms with Crippen molar-refractivity contribution in [3.8, 4) is 6.07 Å². The molecular weight excluding hydrogens is 258 g/mol. The number of hydrogen-bond donors (Lipinski definition) is 1. The molecule has 7 heteroatoms. The molecule has 1 N–H and O–H groups in total. The average molecular weight is 279 g/mol. The first kappa shape index (κ1) is 14.9. The Morgan fingerprint density at radius 1 is 1.50 bits per heavy atom. The number of nitriles is 1. The second-order valence-electron chi connectivity index (χ2n) is 5.38. The number of rotatable bonds is 4. The number of aromatic nitrogens is 2. The van der Waals surface area contributed by atoms with Gasteiger partial charge in [0.1, 0.15) is 0 Å². The lowest BCUT2D eigenvalue weighted by atomic mass is 10.2. The highest BCUT2D eigenvalue weighted by Gasteiger charge is 2.26. The molecule has 1 aliphatic heterocycles. The summed E-state index contributed by atoms with van der Waals surface area (Å²) in [5.41, 5.74) is 0. The predicted octanol–water partition coefficient (Wildman–Crippen LogP) is 0.195. The van der Waals surface area contributed by atoms with Crippen LogP contribution in [0.25, 0.3) is 0 Å². The fourth-order valence-electron chi connectivity index (χ4n) is 2.42. The van der Waals surface area contributed by atoms with E-state index in [1.165, 1.54) is 0 Å². The van der Waals surface area contributed by atoms with E-state index in [-0.39, 0.29) is 18.9 Å². The van der Waals surface area contributed by atoms with E-state index in [1.807, 2.05) is 6.07 Å². The fraction of sp³-hybridized carbons (Fsp3) is 0.769. The molecule has 0 aliphatic carbocycles. The average Bonchev–Trinajstić information content (AvgIpc) is 2.77. The Morgan fingerprint density at radius 3 is 3.05 bits per heavy atom. The zero-order chi connectivity index (χ0) is 14.5. The van der Waals surface area contributed by atoms with Gasteiger partial charge < -0.3 is 14.5 Å². The topological polar surface area (TPSA) is 89.4 Å². The fourth-order valence-corrected chi connectivity index (χ4v) is 2.42. The summed E-state index contributed by atoms with van der Waals surface area (Å²) in [5, 5.41) is 22.2. The van der Waals surface area contributed by atoms with E-state index in [0.29, 0.717) is 11.7 Å². The lowest BCUT2D eigenvalue weighted by Gasteiger charge is -2.24. The van der Waals surface area contributed by atoms with Crippen LogP contribution in [0.4, 0.5) is 0 Å². The molecule has 0 saturated carbocycles. The van der Waals surface area contributed by atoms with Crippen LogP contribution in [0.5, 0.6) is 0 Å². The van der Waals surface area contributed by atoms with Gasteiger partial charge >= 0.3 is 0 Å². The molecule has 20 heavy (non-hydrogen) atoms. The third kappa shape index (κ3) is 3.76. The minimum Gasteiger partial charge on any atom is -0.392 e. The number of hydrogen-bond acceptors (Lipinski definition) is 7. The summed E-state index contributed by atoms with van der Waals surface area (Å²) >= 11 is 0. The summed E-state index contributed by atoms with van der Waals surface area (Å²) in [4.78, 5) is 8.85. The Kier molecular flexibility index (Phi) is 5.06. The van der Waals surface area contributed by atoms with E-state index in [4.69, 9.17) is 9.78 Å². The molecule has 0 bridgehead atoms. The second kappa shape index (κ2) is 6.79. The molecule has 2 heterocycles. The maximum absolute atomic E-state index is 9.59. The van der Waals surface area contributed by atoms with Gasteiger partial charge in [-0.25, -0.2) is 0 Å². The lowest BCUT2D eigenvalue weighted by molar-refractivity contribution is 0.166. The van der Waals surface area contributed by atoms with Crippen LogP contribution in [0.15, 0.2) is 4.52 Å². The van der Waals surface area contributed by atoms with Crippen LogP contribution in [0.1, 0.15) is 30.6 Å². The van der Waals surface area contributed by atoms with E-state index in [9.17, 15) is 5.11 Å². The minimum absolute atomic E-state index is 0.0732. The van der Waals surface area contributed by atoms with Crippen LogP contribution in [-0.2, 0) is 6.42 Å². The molecule has 1 fully saturated rings. The summed E-state index contributed by atoms with van der Waals surface area (Å²) < 4.78 is 5.18.